The van der Waals surface area contributed by atoms with E-state index in [1.54, 1.807) is 32.0 Å². The molecule has 0 fully saturated rings. The number of ketones is 1. The van der Waals surface area contributed by atoms with Gasteiger partial charge in [0.15, 0.2) is 11.3 Å². The maximum atomic E-state index is 13.2. The van der Waals surface area contributed by atoms with E-state index in [0.717, 1.165) is 11.1 Å². The number of carbonyl (C=O) groups is 2. The number of Topliss-reactive ketones (excluding diaryl/α,β-unsaturated/α-hetero) is 1. The molecule has 0 saturated heterocycles. The van der Waals surface area contributed by atoms with E-state index in [1.807, 2.05) is 0 Å². The van der Waals surface area contributed by atoms with E-state index in [9.17, 15) is 35.9 Å². The quantitative estimate of drug-likeness (QED) is 0.298. The molecular weight excluding hydrogens is 417 g/mol. The standard InChI is InChI=1S/C20H17F6O2P/c1-11-5-3-6-12(2)16(11)18(28)29-10-9-15(27)17-13(19(21,22)23)7-4-8-14(17)20(24,25)26/h3-8,29H,9-10H2,1-2H3. The summed E-state index contributed by atoms with van der Waals surface area (Å²) in [6, 6.07) is 6.74. The number of halogens is 6. The van der Waals surface area contributed by atoms with Gasteiger partial charge < -0.3 is 0 Å². The van der Waals surface area contributed by atoms with E-state index in [1.165, 1.54) is 0 Å². The molecule has 156 valence electrons. The molecule has 0 N–H and O–H groups in total. The molecular formula is C20H17F6O2P. The zero-order valence-corrected chi connectivity index (χ0v) is 16.5. The van der Waals surface area contributed by atoms with Crippen LogP contribution in [0.15, 0.2) is 36.4 Å². The molecule has 0 saturated carbocycles. The van der Waals surface area contributed by atoms with E-state index < -0.39 is 49.8 Å². The second-order valence-electron chi connectivity index (χ2n) is 6.42. The summed E-state index contributed by atoms with van der Waals surface area (Å²) in [6.07, 6.45) is -10.9. The third-order valence-electron chi connectivity index (χ3n) is 4.30. The maximum absolute atomic E-state index is 13.2. The molecule has 0 radical (unpaired) electrons. The highest BCUT2D eigenvalue weighted by atomic mass is 31.1. The van der Waals surface area contributed by atoms with Crippen molar-refractivity contribution in [2.45, 2.75) is 32.6 Å². The first-order chi connectivity index (χ1) is 13.3. The van der Waals surface area contributed by atoms with Crippen molar-refractivity contribution >= 4 is 19.9 Å². The van der Waals surface area contributed by atoms with Crippen molar-refractivity contribution in [3.8, 4) is 0 Å². The Balaban J connectivity index is 2.24. The van der Waals surface area contributed by atoms with Crippen molar-refractivity contribution in [1.82, 2.24) is 0 Å². The first-order valence-electron chi connectivity index (χ1n) is 8.49. The van der Waals surface area contributed by atoms with Gasteiger partial charge in [-0.3, -0.25) is 9.59 Å². The Morgan fingerprint density at radius 1 is 0.793 bits per heavy atom. The normalized spacial score (nSPS) is 12.6. The fourth-order valence-corrected chi connectivity index (χ4v) is 4.15. The van der Waals surface area contributed by atoms with E-state index >= 15 is 0 Å². The highest BCUT2D eigenvalue weighted by molar-refractivity contribution is 7.58. The second-order valence-corrected chi connectivity index (χ2v) is 7.73. The van der Waals surface area contributed by atoms with Crippen molar-refractivity contribution in [2.75, 3.05) is 6.16 Å². The van der Waals surface area contributed by atoms with Crippen LogP contribution >= 0.6 is 8.58 Å². The zero-order chi connectivity index (χ0) is 22.0. The van der Waals surface area contributed by atoms with Crippen LogP contribution in [0.1, 0.15) is 49.4 Å². The molecule has 9 heteroatoms. The molecule has 0 aliphatic carbocycles. The predicted octanol–water partition coefficient (Wildman–Crippen LogP) is 6.43. The average Bonchev–Trinajstić information content (AvgIpc) is 2.59. The number of alkyl halides is 6. The molecule has 2 rings (SSSR count). The SMILES string of the molecule is Cc1cccc(C)c1C(=O)PCCC(=O)c1c(C(F)(F)F)cccc1C(F)(F)F. The Morgan fingerprint density at radius 2 is 1.24 bits per heavy atom. The van der Waals surface area contributed by atoms with Crippen LogP contribution in [0.5, 0.6) is 0 Å². The molecule has 0 spiro atoms. The molecule has 0 aliphatic rings. The highest BCUT2D eigenvalue weighted by Gasteiger charge is 2.42. The molecule has 2 aromatic rings. The van der Waals surface area contributed by atoms with Crippen molar-refractivity contribution in [2.24, 2.45) is 0 Å². The van der Waals surface area contributed by atoms with Crippen LogP contribution in [-0.4, -0.2) is 17.5 Å². The van der Waals surface area contributed by atoms with Crippen molar-refractivity contribution in [3.63, 3.8) is 0 Å². The van der Waals surface area contributed by atoms with E-state index in [0.29, 0.717) is 23.8 Å². The molecule has 2 aromatic carbocycles. The Labute approximate surface area is 165 Å². The summed E-state index contributed by atoms with van der Waals surface area (Å²) in [4.78, 5) is 24.7. The fourth-order valence-electron chi connectivity index (χ4n) is 3.00. The van der Waals surface area contributed by atoms with Gasteiger partial charge in [0.05, 0.1) is 11.1 Å². The predicted molar refractivity (Wildman–Crippen MR) is 98.8 cm³/mol. The summed E-state index contributed by atoms with van der Waals surface area (Å²) in [5.74, 6) is -1.29. The summed E-state index contributed by atoms with van der Waals surface area (Å²) in [5.41, 5.74) is -3.02. The second kappa shape index (κ2) is 8.66. The number of carbonyl (C=O) groups excluding carboxylic acids is 2. The van der Waals surface area contributed by atoms with Crippen LogP contribution < -0.4 is 0 Å². The Kier molecular flexibility index (Phi) is 6.89. The van der Waals surface area contributed by atoms with Gasteiger partial charge in [0.2, 0.25) is 0 Å². The lowest BCUT2D eigenvalue weighted by Gasteiger charge is -2.17. The van der Waals surface area contributed by atoms with E-state index in [-0.39, 0.29) is 11.7 Å². The monoisotopic (exact) mass is 434 g/mol. The molecule has 0 bridgehead atoms. The Bertz CT molecular complexity index is 879. The lowest BCUT2D eigenvalue weighted by molar-refractivity contribution is -0.143. The van der Waals surface area contributed by atoms with Gasteiger partial charge in [-0.2, -0.15) is 26.3 Å². The lowest BCUT2D eigenvalue weighted by Crippen LogP contribution is -2.20. The molecule has 1 atom stereocenters. The van der Waals surface area contributed by atoms with Gasteiger partial charge in [-0.25, -0.2) is 0 Å². The molecule has 29 heavy (non-hydrogen) atoms. The molecule has 1 unspecified atom stereocenters. The summed E-state index contributed by atoms with van der Waals surface area (Å²) in [7, 11) is -0.441. The van der Waals surface area contributed by atoms with Crippen LogP contribution in [0.25, 0.3) is 0 Å². The number of benzene rings is 2. The lowest BCUT2D eigenvalue weighted by atomic mass is 9.95. The first kappa shape index (κ1) is 23.1. The smallest absolute Gasteiger partial charge is 0.294 e. The molecule has 0 aromatic heterocycles. The molecule has 0 aliphatic heterocycles. The zero-order valence-electron chi connectivity index (χ0n) is 15.5. The highest BCUT2D eigenvalue weighted by Crippen LogP contribution is 2.40. The summed E-state index contributed by atoms with van der Waals surface area (Å²) in [6.45, 7) is 3.45. The maximum Gasteiger partial charge on any atom is 0.417 e. The van der Waals surface area contributed by atoms with E-state index in [4.69, 9.17) is 0 Å². The van der Waals surface area contributed by atoms with E-state index in [2.05, 4.69) is 0 Å². The van der Waals surface area contributed by atoms with Gasteiger partial charge in [-0.1, -0.05) is 24.3 Å². The fraction of sp³-hybridized carbons (Fsp3) is 0.300. The molecule has 2 nitrogen and oxygen atoms in total. The van der Waals surface area contributed by atoms with Gasteiger partial charge in [0, 0.05) is 17.5 Å². The average molecular weight is 434 g/mol. The number of aryl methyl sites for hydroxylation is 2. The Morgan fingerprint density at radius 3 is 1.69 bits per heavy atom. The number of rotatable bonds is 6. The van der Waals surface area contributed by atoms with Gasteiger partial charge in [0.1, 0.15) is 0 Å². The van der Waals surface area contributed by atoms with Crippen LogP contribution in [-0.2, 0) is 12.4 Å². The van der Waals surface area contributed by atoms with Gasteiger partial charge in [-0.05, 0) is 51.8 Å². The largest absolute Gasteiger partial charge is 0.417 e. The van der Waals surface area contributed by atoms with Crippen molar-refractivity contribution < 1.29 is 35.9 Å². The van der Waals surface area contributed by atoms with Crippen LogP contribution in [0, 0.1) is 13.8 Å². The van der Waals surface area contributed by atoms with Crippen molar-refractivity contribution in [3.05, 3.63) is 69.8 Å². The summed E-state index contributed by atoms with van der Waals surface area (Å²) >= 11 is 0. The minimum atomic E-state index is -5.11. The minimum Gasteiger partial charge on any atom is -0.294 e. The molecule has 0 amide bonds. The Hall–Kier alpha value is -2.21. The van der Waals surface area contributed by atoms with Crippen LogP contribution in [0.4, 0.5) is 26.3 Å². The van der Waals surface area contributed by atoms with Crippen molar-refractivity contribution in [1.29, 1.82) is 0 Å². The first-order valence-corrected chi connectivity index (χ1v) is 9.69. The van der Waals surface area contributed by atoms with Crippen LogP contribution in [0.2, 0.25) is 0 Å². The summed E-state index contributed by atoms with van der Waals surface area (Å²) < 4.78 is 79.0. The van der Waals surface area contributed by atoms with Crippen LogP contribution in [0.3, 0.4) is 0 Å². The topological polar surface area (TPSA) is 34.1 Å². The summed E-state index contributed by atoms with van der Waals surface area (Å²) in [5, 5.41) is 0. The third kappa shape index (κ3) is 5.44. The number of hydrogen-bond donors (Lipinski definition) is 0. The third-order valence-corrected chi connectivity index (χ3v) is 5.37. The van der Waals surface area contributed by atoms with Gasteiger partial charge >= 0.3 is 12.4 Å². The minimum absolute atomic E-state index is 0.130. The van der Waals surface area contributed by atoms with Gasteiger partial charge in [-0.15, -0.1) is 0 Å². The molecule has 0 heterocycles. The van der Waals surface area contributed by atoms with Gasteiger partial charge in [0.25, 0.3) is 0 Å². The number of hydrogen-bond acceptors (Lipinski definition) is 2.